The van der Waals surface area contributed by atoms with E-state index in [0.29, 0.717) is 12.5 Å². The molecule has 0 aliphatic carbocycles. The van der Waals surface area contributed by atoms with E-state index in [1.165, 1.54) is 6.42 Å². The van der Waals surface area contributed by atoms with E-state index >= 15 is 0 Å². The first-order valence-electron chi connectivity index (χ1n) is 8.06. The van der Waals surface area contributed by atoms with Gasteiger partial charge in [-0.3, -0.25) is 0 Å². The molecule has 3 nitrogen and oxygen atoms in total. The van der Waals surface area contributed by atoms with E-state index in [0.717, 1.165) is 31.1 Å². The fourth-order valence-corrected chi connectivity index (χ4v) is 2.08. The monoisotopic (exact) mass is 293 g/mol. The molecule has 1 aromatic carbocycles. The predicted octanol–water partition coefficient (Wildman–Crippen LogP) is 4.27. The molecule has 0 saturated carbocycles. The molecule has 0 heterocycles. The molecule has 1 aromatic rings. The van der Waals surface area contributed by atoms with E-state index in [-0.39, 0.29) is 5.54 Å². The minimum absolute atomic E-state index is 0.176. The lowest BCUT2D eigenvalue weighted by molar-refractivity contribution is 0.244. The lowest BCUT2D eigenvalue weighted by atomic mass is 10.0. The second kappa shape index (κ2) is 8.93. The molecule has 0 bridgehead atoms. The van der Waals surface area contributed by atoms with Crippen molar-refractivity contribution >= 4 is 0 Å². The summed E-state index contributed by atoms with van der Waals surface area (Å²) in [7, 11) is 0. The van der Waals surface area contributed by atoms with Crippen molar-refractivity contribution in [1.82, 2.24) is 5.32 Å². The predicted molar refractivity (Wildman–Crippen MR) is 89.3 cm³/mol. The summed E-state index contributed by atoms with van der Waals surface area (Å²) in [5, 5.41) is 3.57. The van der Waals surface area contributed by atoms with Gasteiger partial charge in [0.25, 0.3) is 0 Å². The maximum Gasteiger partial charge on any atom is 0.161 e. The molecular formula is C18H31NO2. The first-order chi connectivity index (χ1) is 9.96. The third-order valence-corrected chi connectivity index (χ3v) is 3.43. The van der Waals surface area contributed by atoms with Gasteiger partial charge in [0.1, 0.15) is 0 Å². The molecule has 3 heteroatoms. The normalized spacial score (nSPS) is 13.0. The number of ether oxygens (including phenoxy) is 2. The standard InChI is InChI=1S/C18H31NO2/c1-6-15(14-19-18(3,4)5)12-13-21-17-11-9-8-10-16(17)20-7-2/h8-11,15,19H,6-7,12-14H2,1-5H3. The first-order valence-corrected chi connectivity index (χ1v) is 8.06. The highest BCUT2D eigenvalue weighted by Crippen LogP contribution is 2.26. The largest absolute Gasteiger partial charge is 0.490 e. The van der Waals surface area contributed by atoms with Crippen LogP contribution in [0.4, 0.5) is 0 Å². The van der Waals surface area contributed by atoms with Crippen LogP contribution in [0.5, 0.6) is 11.5 Å². The van der Waals surface area contributed by atoms with Crippen LogP contribution in [-0.4, -0.2) is 25.3 Å². The van der Waals surface area contributed by atoms with Crippen molar-refractivity contribution in [2.45, 2.75) is 53.0 Å². The molecule has 1 atom stereocenters. The summed E-state index contributed by atoms with van der Waals surface area (Å²) in [6.07, 6.45) is 2.22. The second-order valence-electron chi connectivity index (χ2n) is 6.42. The van der Waals surface area contributed by atoms with Gasteiger partial charge in [0.05, 0.1) is 13.2 Å². The Kier molecular flexibility index (Phi) is 7.58. The van der Waals surface area contributed by atoms with E-state index < -0.39 is 0 Å². The van der Waals surface area contributed by atoms with Crippen molar-refractivity contribution in [2.75, 3.05) is 19.8 Å². The highest BCUT2D eigenvalue weighted by molar-refractivity contribution is 5.39. The van der Waals surface area contributed by atoms with Crippen LogP contribution in [0.25, 0.3) is 0 Å². The smallest absolute Gasteiger partial charge is 0.161 e. The van der Waals surface area contributed by atoms with Crippen molar-refractivity contribution in [2.24, 2.45) is 5.92 Å². The topological polar surface area (TPSA) is 30.5 Å². The van der Waals surface area contributed by atoms with Crippen molar-refractivity contribution in [1.29, 1.82) is 0 Å². The summed E-state index contributed by atoms with van der Waals surface area (Å²) in [4.78, 5) is 0. The third kappa shape index (κ3) is 7.37. The average molecular weight is 293 g/mol. The van der Waals surface area contributed by atoms with Crippen molar-refractivity contribution < 1.29 is 9.47 Å². The molecule has 120 valence electrons. The number of hydrogen-bond donors (Lipinski definition) is 1. The van der Waals surface area contributed by atoms with Crippen LogP contribution in [-0.2, 0) is 0 Å². The summed E-state index contributed by atoms with van der Waals surface area (Å²) < 4.78 is 11.5. The van der Waals surface area contributed by atoms with Crippen molar-refractivity contribution in [3.63, 3.8) is 0 Å². The Balaban J connectivity index is 2.40. The Morgan fingerprint density at radius 3 is 2.19 bits per heavy atom. The van der Waals surface area contributed by atoms with Gasteiger partial charge in [-0.15, -0.1) is 0 Å². The highest BCUT2D eigenvalue weighted by atomic mass is 16.5. The van der Waals surface area contributed by atoms with E-state index in [9.17, 15) is 0 Å². The van der Waals surface area contributed by atoms with Gasteiger partial charge in [-0.25, -0.2) is 0 Å². The Hall–Kier alpha value is -1.22. The number of benzene rings is 1. The zero-order valence-electron chi connectivity index (χ0n) is 14.2. The number of nitrogens with one attached hydrogen (secondary N) is 1. The zero-order valence-corrected chi connectivity index (χ0v) is 14.2. The highest BCUT2D eigenvalue weighted by Gasteiger charge is 2.13. The Morgan fingerprint density at radius 1 is 1.05 bits per heavy atom. The van der Waals surface area contributed by atoms with Gasteiger partial charge in [0.2, 0.25) is 0 Å². The molecule has 0 fully saturated rings. The molecule has 0 radical (unpaired) electrons. The van der Waals surface area contributed by atoms with Crippen LogP contribution >= 0.6 is 0 Å². The minimum Gasteiger partial charge on any atom is -0.490 e. The summed E-state index contributed by atoms with van der Waals surface area (Å²) in [5.74, 6) is 2.32. The van der Waals surface area contributed by atoms with Gasteiger partial charge >= 0.3 is 0 Å². The molecule has 1 unspecified atom stereocenters. The fraction of sp³-hybridized carbons (Fsp3) is 0.667. The Morgan fingerprint density at radius 2 is 1.67 bits per heavy atom. The molecule has 1 N–H and O–H groups in total. The lowest BCUT2D eigenvalue weighted by Gasteiger charge is -2.24. The summed E-state index contributed by atoms with van der Waals surface area (Å²) in [5.41, 5.74) is 0.176. The van der Waals surface area contributed by atoms with Crippen LogP contribution in [0.15, 0.2) is 24.3 Å². The molecule has 21 heavy (non-hydrogen) atoms. The summed E-state index contributed by atoms with van der Waals surface area (Å²) in [6.45, 7) is 13.3. The molecule has 1 rings (SSSR count). The van der Waals surface area contributed by atoms with E-state index in [1.54, 1.807) is 0 Å². The molecule has 0 aliphatic heterocycles. The van der Waals surface area contributed by atoms with Crippen molar-refractivity contribution in [3.8, 4) is 11.5 Å². The van der Waals surface area contributed by atoms with Crippen LogP contribution < -0.4 is 14.8 Å². The second-order valence-corrected chi connectivity index (χ2v) is 6.42. The van der Waals surface area contributed by atoms with Gasteiger partial charge in [0.15, 0.2) is 11.5 Å². The molecule has 0 aromatic heterocycles. The Bertz CT molecular complexity index is 398. The number of rotatable bonds is 9. The summed E-state index contributed by atoms with van der Waals surface area (Å²) in [6, 6.07) is 7.88. The van der Waals surface area contributed by atoms with E-state index in [4.69, 9.17) is 9.47 Å². The molecular weight excluding hydrogens is 262 g/mol. The SMILES string of the molecule is CCOc1ccccc1OCCC(CC)CNC(C)(C)C. The molecule has 0 amide bonds. The summed E-state index contributed by atoms with van der Waals surface area (Å²) >= 11 is 0. The van der Waals surface area contributed by atoms with E-state index in [2.05, 4.69) is 33.0 Å². The van der Waals surface area contributed by atoms with Crippen LogP contribution in [0.3, 0.4) is 0 Å². The van der Waals surface area contributed by atoms with Crippen molar-refractivity contribution in [3.05, 3.63) is 24.3 Å². The maximum absolute atomic E-state index is 5.90. The minimum atomic E-state index is 0.176. The zero-order chi connectivity index (χ0) is 15.7. The Labute approximate surface area is 130 Å². The van der Waals surface area contributed by atoms with E-state index in [1.807, 2.05) is 31.2 Å². The van der Waals surface area contributed by atoms with Gasteiger partial charge in [-0.05, 0) is 58.7 Å². The van der Waals surface area contributed by atoms with Crippen LogP contribution in [0, 0.1) is 5.92 Å². The average Bonchev–Trinajstić information content (AvgIpc) is 2.43. The van der Waals surface area contributed by atoms with Gasteiger partial charge in [-0.1, -0.05) is 25.5 Å². The van der Waals surface area contributed by atoms with Gasteiger partial charge in [-0.2, -0.15) is 0 Å². The fourth-order valence-electron chi connectivity index (χ4n) is 2.08. The lowest BCUT2D eigenvalue weighted by Crippen LogP contribution is -2.39. The van der Waals surface area contributed by atoms with Gasteiger partial charge in [0, 0.05) is 5.54 Å². The van der Waals surface area contributed by atoms with Crippen LogP contribution in [0.2, 0.25) is 0 Å². The quantitative estimate of drug-likeness (QED) is 0.737. The third-order valence-electron chi connectivity index (χ3n) is 3.43. The molecule has 0 aliphatic rings. The maximum atomic E-state index is 5.90. The molecule has 0 saturated heterocycles. The van der Waals surface area contributed by atoms with Crippen LogP contribution in [0.1, 0.15) is 47.5 Å². The first kappa shape index (κ1) is 17.8. The number of hydrogen-bond acceptors (Lipinski definition) is 3. The molecule has 0 spiro atoms. The van der Waals surface area contributed by atoms with Gasteiger partial charge < -0.3 is 14.8 Å². The number of para-hydroxylation sites is 2.